The van der Waals surface area contributed by atoms with E-state index in [4.69, 9.17) is 0 Å². The van der Waals surface area contributed by atoms with E-state index >= 15 is 0 Å². The van der Waals surface area contributed by atoms with Crippen LogP contribution >= 0.6 is 0 Å². The number of allylic oxidation sites excluding steroid dienone is 2. The maximum absolute atomic E-state index is 13.2. The summed E-state index contributed by atoms with van der Waals surface area (Å²) in [6, 6.07) is 9.40. The Hall–Kier alpha value is -3.94. The number of likely N-dealkylation sites (tertiary alicyclic amines) is 1. The highest BCUT2D eigenvalue weighted by molar-refractivity contribution is 5.90. The van der Waals surface area contributed by atoms with Gasteiger partial charge in [0.15, 0.2) is 0 Å². The molecule has 0 N–H and O–H groups in total. The van der Waals surface area contributed by atoms with E-state index in [1.54, 1.807) is 22.1 Å². The Morgan fingerprint density at radius 1 is 1.20 bits per heavy atom. The van der Waals surface area contributed by atoms with Crippen LogP contribution in [0.4, 0.5) is 18.9 Å². The molecule has 8 heteroatoms. The summed E-state index contributed by atoms with van der Waals surface area (Å²) >= 11 is 0. The molecule has 0 spiro atoms. The number of fused-ring (bicyclic) bond motifs is 1. The fourth-order valence-electron chi connectivity index (χ4n) is 4.72. The largest absolute Gasteiger partial charge is 0.416 e. The van der Waals surface area contributed by atoms with E-state index < -0.39 is 11.7 Å². The predicted molar refractivity (Wildman–Crippen MR) is 130 cm³/mol. The lowest BCUT2D eigenvalue weighted by Crippen LogP contribution is -2.26. The number of carbonyl (C=O) groups excluding carboxylic acids is 1. The summed E-state index contributed by atoms with van der Waals surface area (Å²) in [6.07, 6.45) is 6.79. The summed E-state index contributed by atoms with van der Waals surface area (Å²) in [5.74, 6) is 0.0289. The molecule has 2 aliphatic rings. The van der Waals surface area contributed by atoms with E-state index in [0.717, 1.165) is 46.2 Å². The number of rotatable bonds is 4. The van der Waals surface area contributed by atoms with Crippen LogP contribution in [0.2, 0.25) is 0 Å². The lowest BCUT2D eigenvalue weighted by atomic mass is 9.91. The van der Waals surface area contributed by atoms with Crippen LogP contribution < -0.4 is 4.90 Å². The Balaban J connectivity index is 1.52. The average molecular weight is 477 g/mol. The number of halogens is 3. The van der Waals surface area contributed by atoms with E-state index in [1.165, 1.54) is 18.5 Å². The number of hydrogen-bond acceptors (Lipinski definition) is 4. The predicted octanol–water partition coefficient (Wildman–Crippen LogP) is 5.57. The van der Waals surface area contributed by atoms with Crippen molar-refractivity contribution in [2.24, 2.45) is 0 Å². The van der Waals surface area contributed by atoms with Crippen molar-refractivity contribution in [2.45, 2.75) is 18.5 Å². The minimum atomic E-state index is -4.40. The van der Waals surface area contributed by atoms with Gasteiger partial charge in [-0.3, -0.25) is 4.79 Å². The molecule has 5 rings (SSSR count). The molecule has 1 unspecified atom stereocenters. The quantitative estimate of drug-likeness (QED) is 0.462. The van der Waals surface area contributed by atoms with Gasteiger partial charge in [-0.2, -0.15) is 13.2 Å². The smallest absolute Gasteiger partial charge is 0.344 e. The van der Waals surface area contributed by atoms with Gasteiger partial charge in [-0.15, -0.1) is 0 Å². The first-order chi connectivity index (χ1) is 16.8. The molecule has 3 heterocycles. The van der Waals surface area contributed by atoms with Crippen molar-refractivity contribution in [2.75, 3.05) is 24.5 Å². The van der Waals surface area contributed by atoms with E-state index in [2.05, 4.69) is 22.6 Å². The second-order valence-corrected chi connectivity index (χ2v) is 8.69. The van der Waals surface area contributed by atoms with Crippen LogP contribution in [0.15, 0.2) is 79.9 Å². The van der Waals surface area contributed by atoms with Crippen LogP contribution in [-0.2, 0) is 11.0 Å². The molecule has 178 valence electrons. The van der Waals surface area contributed by atoms with Gasteiger partial charge in [-0.05, 0) is 59.5 Å². The number of benzene rings is 2. The highest BCUT2D eigenvalue weighted by Crippen LogP contribution is 2.36. The molecule has 1 atom stereocenters. The Morgan fingerprint density at radius 3 is 2.86 bits per heavy atom. The monoisotopic (exact) mass is 476 g/mol. The summed E-state index contributed by atoms with van der Waals surface area (Å²) in [6.45, 7) is 5.29. The second kappa shape index (κ2) is 9.02. The molecule has 5 nitrogen and oxygen atoms in total. The highest BCUT2D eigenvalue weighted by atomic mass is 19.4. The van der Waals surface area contributed by atoms with Gasteiger partial charge in [0, 0.05) is 49.0 Å². The zero-order valence-corrected chi connectivity index (χ0v) is 18.9. The maximum Gasteiger partial charge on any atom is 0.416 e. The van der Waals surface area contributed by atoms with Gasteiger partial charge in [-0.1, -0.05) is 24.8 Å². The molecule has 0 bridgehead atoms. The van der Waals surface area contributed by atoms with Crippen molar-refractivity contribution >= 4 is 28.1 Å². The highest BCUT2D eigenvalue weighted by Gasteiger charge is 2.31. The lowest BCUT2D eigenvalue weighted by molar-refractivity contribution is -0.137. The third kappa shape index (κ3) is 4.56. The van der Waals surface area contributed by atoms with E-state index in [-0.39, 0.29) is 11.8 Å². The van der Waals surface area contributed by atoms with Crippen molar-refractivity contribution < 1.29 is 18.0 Å². The Morgan fingerprint density at radius 2 is 2.06 bits per heavy atom. The van der Waals surface area contributed by atoms with Gasteiger partial charge in [0.05, 0.1) is 11.1 Å². The van der Waals surface area contributed by atoms with Gasteiger partial charge >= 0.3 is 6.18 Å². The molecule has 1 aromatic heterocycles. The van der Waals surface area contributed by atoms with Crippen LogP contribution in [0.1, 0.15) is 29.0 Å². The van der Waals surface area contributed by atoms with Crippen molar-refractivity contribution in [1.82, 2.24) is 14.9 Å². The molecule has 2 aliphatic heterocycles. The molecule has 3 aromatic rings. The molecule has 2 aromatic carbocycles. The first kappa shape index (κ1) is 22.8. The zero-order valence-electron chi connectivity index (χ0n) is 18.9. The summed E-state index contributed by atoms with van der Waals surface area (Å²) in [4.78, 5) is 24.4. The number of nitrogens with zero attached hydrogens (tertiary/aromatic N) is 4. The van der Waals surface area contributed by atoms with Gasteiger partial charge in [0.25, 0.3) is 0 Å². The number of aromatic nitrogens is 2. The number of anilines is 1. The molecule has 0 radical (unpaired) electrons. The minimum Gasteiger partial charge on any atom is -0.344 e. The van der Waals surface area contributed by atoms with Crippen LogP contribution in [-0.4, -0.2) is 40.4 Å². The summed E-state index contributed by atoms with van der Waals surface area (Å²) in [7, 11) is 0. The molecular formula is C27H23F3N4O. The lowest BCUT2D eigenvalue weighted by Gasteiger charge is -2.25. The minimum absolute atomic E-state index is 0.0859. The Kier molecular flexibility index (Phi) is 5.88. The van der Waals surface area contributed by atoms with Gasteiger partial charge in [0.1, 0.15) is 6.33 Å². The van der Waals surface area contributed by atoms with E-state index in [1.807, 2.05) is 24.4 Å². The van der Waals surface area contributed by atoms with Crippen molar-refractivity contribution in [1.29, 1.82) is 0 Å². The molecule has 1 saturated heterocycles. The van der Waals surface area contributed by atoms with Gasteiger partial charge < -0.3 is 9.80 Å². The van der Waals surface area contributed by atoms with Gasteiger partial charge in [0.2, 0.25) is 5.91 Å². The van der Waals surface area contributed by atoms with E-state index in [0.29, 0.717) is 25.3 Å². The average Bonchev–Trinajstić information content (AvgIpc) is 3.37. The summed E-state index contributed by atoms with van der Waals surface area (Å²) < 4.78 is 39.7. The summed E-state index contributed by atoms with van der Waals surface area (Å²) in [5.41, 5.74) is 3.47. The van der Waals surface area contributed by atoms with Crippen molar-refractivity contribution in [3.8, 4) is 0 Å². The topological polar surface area (TPSA) is 49.3 Å². The number of hydrogen-bond donors (Lipinski definition) is 0. The van der Waals surface area contributed by atoms with Crippen LogP contribution in [0.25, 0.3) is 16.5 Å². The fraction of sp³-hybridized carbons (Fsp3) is 0.222. The van der Waals surface area contributed by atoms with Crippen molar-refractivity contribution in [3.05, 3.63) is 96.6 Å². The Labute approximate surface area is 200 Å². The third-order valence-corrected chi connectivity index (χ3v) is 6.48. The van der Waals surface area contributed by atoms with E-state index in [9.17, 15) is 18.0 Å². The maximum atomic E-state index is 13.2. The first-order valence-electron chi connectivity index (χ1n) is 11.3. The first-order valence-corrected chi connectivity index (χ1v) is 11.3. The van der Waals surface area contributed by atoms with Crippen molar-refractivity contribution in [3.63, 3.8) is 0 Å². The van der Waals surface area contributed by atoms with Gasteiger partial charge in [-0.25, -0.2) is 9.97 Å². The molecule has 35 heavy (non-hydrogen) atoms. The number of alkyl halides is 3. The van der Waals surface area contributed by atoms with Crippen LogP contribution in [0.5, 0.6) is 0 Å². The zero-order chi connectivity index (χ0) is 24.6. The fourth-order valence-corrected chi connectivity index (χ4v) is 4.72. The standard InChI is InChI=1S/C27H23F3N4O/c1-2-25(35)34-10-8-19(16-34)24-12-20(11-21-14-31-17-32-26(21)24)18-5-4-9-33(15-18)23-7-3-6-22(13-23)27(28,29)30/h2-7,11-15,17,19H,1,8-10,16H2. The molecule has 1 fully saturated rings. The van der Waals surface area contributed by atoms with Crippen LogP contribution in [0, 0.1) is 0 Å². The molecule has 1 amide bonds. The molecule has 0 aliphatic carbocycles. The second-order valence-electron chi connectivity index (χ2n) is 8.69. The number of carbonyl (C=O) groups is 1. The third-order valence-electron chi connectivity index (χ3n) is 6.48. The van der Waals surface area contributed by atoms with Crippen LogP contribution in [0.3, 0.4) is 0 Å². The summed E-state index contributed by atoms with van der Waals surface area (Å²) in [5, 5.41) is 0.874. The molecule has 0 saturated carbocycles. The molecular weight excluding hydrogens is 453 g/mol. The SMILES string of the molecule is C=CC(=O)N1CCC(c2cc(C3=CN(c4cccc(C(F)(F)F)c4)CC=C3)cc3cncnc23)C1. The number of amides is 1. The normalized spacial score (nSPS) is 18.1. The Bertz CT molecular complexity index is 1360.